The highest BCUT2D eigenvalue weighted by atomic mass is 16.5. The average molecular weight is 496 g/mol. The van der Waals surface area contributed by atoms with Crippen LogP contribution in [-0.2, 0) is 22.5 Å². The van der Waals surface area contributed by atoms with Crippen molar-refractivity contribution in [3.63, 3.8) is 0 Å². The summed E-state index contributed by atoms with van der Waals surface area (Å²) in [6.07, 6.45) is 2.93. The number of pyridine rings is 1. The van der Waals surface area contributed by atoms with Gasteiger partial charge < -0.3 is 19.7 Å². The highest BCUT2D eigenvalue weighted by Crippen LogP contribution is 2.44. The minimum Gasteiger partial charge on any atom is -0.480 e. The fraction of sp³-hybridized carbons (Fsp3) is 0.233. The lowest BCUT2D eigenvalue weighted by atomic mass is 9.98. The molecule has 1 amide bonds. The summed E-state index contributed by atoms with van der Waals surface area (Å²) in [6, 6.07) is 21.0. The van der Waals surface area contributed by atoms with Crippen LogP contribution in [0.1, 0.15) is 39.6 Å². The summed E-state index contributed by atoms with van der Waals surface area (Å²) in [4.78, 5) is 28.8. The van der Waals surface area contributed by atoms with Gasteiger partial charge in [0.05, 0.1) is 0 Å². The summed E-state index contributed by atoms with van der Waals surface area (Å²) in [5.41, 5.74) is 8.45. The zero-order valence-corrected chi connectivity index (χ0v) is 20.8. The minimum absolute atomic E-state index is 0.0893. The standard InChI is InChI=1S/C30H29N3O4/c1-19-15-22(20(2)33(19)17-21-11-13-31-14-12-21)16-28(29(34)35)32-30(36)37-18-27-25-9-5-3-7-23(25)24-8-4-6-10-26(24)27/h3-15,27-28H,16-18H2,1-2H3,(H,32,36)(H,34,35). The van der Waals surface area contributed by atoms with E-state index in [0.717, 1.165) is 44.8 Å². The van der Waals surface area contributed by atoms with Crippen LogP contribution in [-0.4, -0.2) is 39.4 Å². The van der Waals surface area contributed by atoms with Crippen LogP contribution in [0.3, 0.4) is 0 Å². The van der Waals surface area contributed by atoms with Gasteiger partial charge in [0.2, 0.25) is 0 Å². The lowest BCUT2D eigenvalue weighted by Gasteiger charge is -2.18. The number of carbonyl (C=O) groups is 2. The van der Waals surface area contributed by atoms with Gasteiger partial charge in [0.1, 0.15) is 12.6 Å². The maximum atomic E-state index is 12.7. The molecule has 1 aliphatic rings. The van der Waals surface area contributed by atoms with Gasteiger partial charge in [0.25, 0.3) is 0 Å². The molecule has 2 heterocycles. The van der Waals surface area contributed by atoms with E-state index in [0.29, 0.717) is 6.54 Å². The predicted octanol–water partition coefficient (Wildman–Crippen LogP) is 5.08. The van der Waals surface area contributed by atoms with Crippen molar-refractivity contribution in [3.8, 4) is 11.1 Å². The monoisotopic (exact) mass is 495 g/mol. The van der Waals surface area contributed by atoms with E-state index < -0.39 is 18.1 Å². The van der Waals surface area contributed by atoms with E-state index in [2.05, 4.69) is 27.0 Å². The molecule has 0 aliphatic heterocycles. The number of nitrogens with zero attached hydrogens (tertiary/aromatic N) is 2. The molecule has 37 heavy (non-hydrogen) atoms. The number of aromatic nitrogens is 2. The third kappa shape index (κ3) is 4.98. The zero-order valence-electron chi connectivity index (χ0n) is 20.8. The molecule has 7 heteroatoms. The van der Waals surface area contributed by atoms with Crippen LogP contribution in [0.25, 0.3) is 11.1 Å². The first-order chi connectivity index (χ1) is 17.9. The Morgan fingerprint density at radius 1 is 1.00 bits per heavy atom. The molecule has 5 rings (SSSR count). The molecule has 4 aromatic rings. The first-order valence-electron chi connectivity index (χ1n) is 12.3. The van der Waals surface area contributed by atoms with Gasteiger partial charge in [-0.15, -0.1) is 0 Å². The normalized spacial score (nSPS) is 13.0. The molecule has 2 N–H and O–H groups in total. The Bertz CT molecular complexity index is 1400. The Morgan fingerprint density at radius 3 is 2.24 bits per heavy atom. The van der Waals surface area contributed by atoms with E-state index in [1.54, 1.807) is 12.4 Å². The summed E-state index contributed by atoms with van der Waals surface area (Å²) in [5, 5.41) is 12.4. The molecule has 0 spiro atoms. The zero-order chi connectivity index (χ0) is 25.9. The van der Waals surface area contributed by atoms with Crippen molar-refractivity contribution in [1.82, 2.24) is 14.9 Å². The van der Waals surface area contributed by atoms with Crippen LogP contribution in [0.4, 0.5) is 4.79 Å². The van der Waals surface area contributed by atoms with Gasteiger partial charge in [0, 0.05) is 42.7 Å². The molecule has 7 nitrogen and oxygen atoms in total. The first kappa shape index (κ1) is 24.3. The Morgan fingerprint density at radius 2 is 1.62 bits per heavy atom. The van der Waals surface area contributed by atoms with Crippen LogP contribution in [0.5, 0.6) is 0 Å². The van der Waals surface area contributed by atoms with Gasteiger partial charge >= 0.3 is 12.1 Å². The van der Waals surface area contributed by atoms with E-state index in [9.17, 15) is 14.7 Å². The largest absolute Gasteiger partial charge is 0.480 e. The van der Waals surface area contributed by atoms with Crippen molar-refractivity contribution in [1.29, 1.82) is 0 Å². The van der Waals surface area contributed by atoms with Crippen molar-refractivity contribution >= 4 is 12.1 Å². The lowest BCUT2D eigenvalue weighted by molar-refractivity contribution is -0.139. The highest BCUT2D eigenvalue weighted by molar-refractivity contribution is 5.81. The number of ether oxygens (including phenoxy) is 1. The predicted molar refractivity (Wildman–Crippen MR) is 141 cm³/mol. The number of rotatable bonds is 8. The summed E-state index contributed by atoms with van der Waals surface area (Å²) < 4.78 is 7.71. The van der Waals surface area contributed by atoms with Gasteiger partial charge in [-0.25, -0.2) is 9.59 Å². The van der Waals surface area contributed by atoms with Crippen LogP contribution in [0, 0.1) is 13.8 Å². The van der Waals surface area contributed by atoms with E-state index >= 15 is 0 Å². The van der Waals surface area contributed by atoms with Gasteiger partial charge in [-0.05, 0) is 65.4 Å². The maximum absolute atomic E-state index is 12.7. The number of nitrogens with one attached hydrogen (secondary N) is 1. The van der Waals surface area contributed by atoms with E-state index in [-0.39, 0.29) is 18.9 Å². The number of hydrogen-bond acceptors (Lipinski definition) is 4. The van der Waals surface area contributed by atoms with Crippen LogP contribution >= 0.6 is 0 Å². The van der Waals surface area contributed by atoms with Crippen LogP contribution in [0.15, 0.2) is 79.1 Å². The number of aliphatic carboxylic acids is 1. The Labute approximate surface area is 215 Å². The van der Waals surface area contributed by atoms with Gasteiger partial charge in [-0.3, -0.25) is 4.98 Å². The highest BCUT2D eigenvalue weighted by Gasteiger charge is 2.30. The second kappa shape index (κ2) is 10.3. The third-order valence-corrected chi connectivity index (χ3v) is 7.13. The lowest BCUT2D eigenvalue weighted by Crippen LogP contribution is -2.43. The molecule has 0 radical (unpaired) electrons. The average Bonchev–Trinajstić information content (AvgIpc) is 3.36. The first-order valence-corrected chi connectivity index (χ1v) is 12.3. The van der Waals surface area contributed by atoms with E-state index in [1.165, 1.54) is 0 Å². The Kier molecular flexibility index (Phi) is 6.77. The number of carboxylic acids is 1. The van der Waals surface area contributed by atoms with E-state index in [4.69, 9.17) is 4.74 Å². The second-order valence-corrected chi connectivity index (χ2v) is 9.40. The fourth-order valence-electron chi connectivity index (χ4n) is 5.20. The van der Waals surface area contributed by atoms with Crippen molar-refractivity contribution < 1.29 is 19.4 Å². The topological polar surface area (TPSA) is 93.5 Å². The molecule has 1 unspecified atom stereocenters. The quantitative estimate of drug-likeness (QED) is 0.356. The number of benzene rings is 2. The minimum atomic E-state index is -1.11. The number of alkyl carbamates (subject to hydrolysis) is 1. The fourth-order valence-corrected chi connectivity index (χ4v) is 5.20. The molecule has 2 aromatic heterocycles. The van der Waals surface area contributed by atoms with Gasteiger partial charge in [0.15, 0.2) is 0 Å². The number of carbonyl (C=O) groups excluding carboxylic acids is 1. The van der Waals surface area contributed by atoms with Gasteiger partial charge in [-0.1, -0.05) is 48.5 Å². The molecular formula is C30H29N3O4. The molecular weight excluding hydrogens is 466 g/mol. The molecule has 188 valence electrons. The number of amides is 1. The molecule has 1 atom stereocenters. The summed E-state index contributed by atoms with van der Waals surface area (Å²) >= 11 is 0. The molecule has 0 saturated carbocycles. The Balaban J connectivity index is 1.26. The number of hydrogen-bond donors (Lipinski definition) is 2. The molecule has 1 aliphatic carbocycles. The van der Waals surface area contributed by atoms with Crippen LogP contribution < -0.4 is 5.32 Å². The SMILES string of the molecule is Cc1cc(CC(NC(=O)OCC2c3ccccc3-c3ccccc32)C(=O)O)c(C)n1Cc1ccncc1. The van der Waals surface area contributed by atoms with Crippen molar-refractivity contribution in [2.45, 2.75) is 38.8 Å². The van der Waals surface area contributed by atoms with Crippen molar-refractivity contribution in [3.05, 3.63) is 113 Å². The van der Waals surface area contributed by atoms with Crippen molar-refractivity contribution in [2.75, 3.05) is 6.61 Å². The smallest absolute Gasteiger partial charge is 0.407 e. The second-order valence-electron chi connectivity index (χ2n) is 9.40. The van der Waals surface area contributed by atoms with Crippen LogP contribution in [0.2, 0.25) is 0 Å². The molecule has 0 bridgehead atoms. The number of aryl methyl sites for hydroxylation is 1. The number of carboxylic acid groups (broad SMARTS) is 1. The summed E-state index contributed by atoms with van der Waals surface area (Å²) in [6.45, 7) is 4.76. The number of fused-ring (bicyclic) bond motifs is 3. The van der Waals surface area contributed by atoms with E-state index in [1.807, 2.05) is 68.4 Å². The molecule has 2 aromatic carbocycles. The van der Waals surface area contributed by atoms with Crippen molar-refractivity contribution in [2.24, 2.45) is 0 Å². The third-order valence-electron chi connectivity index (χ3n) is 7.13. The summed E-state index contributed by atoms with van der Waals surface area (Å²) in [7, 11) is 0. The molecule has 0 fully saturated rings. The molecule has 0 saturated heterocycles. The Hall–Kier alpha value is -4.39. The maximum Gasteiger partial charge on any atom is 0.407 e. The van der Waals surface area contributed by atoms with Gasteiger partial charge in [-0.2, -0.15) is 0 Å². The summed E-state index contributed by atoms with van der Waals surface area (Å²) in [5.74, 6) is -1.19.